The van der Waals surface area contributed by atoms with Gasteiger partial charge in [-0.3, -0.25) is 4.98 Å². The molecule has 1 aliphatic heterocycles. The molecular weight excluding hydrogens is 208 g/mol. The molecule has 17 heavy (non-hydrogen) atoms. The van der Waals surface area contributed by atoms with Crippen LogP contribution in [0.2, 0.25) is 0 Å². The lowest BCUT2D eigenvalue weighted by Gasteiger charge is -2.23. The lowest BCUT2D eigenvalue weighted by molar-refractivity contribution is 0.457. The fourth-order valence-electron chi connectivity index (χ4n) is 2.31. The first-order chi connectivity index (χ1) is 8.13. The Morgan fingerprint density at radius 2 is 1.88 bits per heavy atom. The van der Waals surface area contributed by atoms with Gasteiger partial charge in [0.15, 0.2) is 0 Å². The molecule has 1 aromatic heterocycles. The van der Waals surface area contributed by atoms with Crippen LogP contribution in [0.1, 0.15) is 12.6 Å². The summed E-state index contributed by atoms with van der Waals surface area (Å²) in [5, 5.41) is 5.09. The predicted molar refractivity (Wildman–Crippen MR) is 71.9 cm³/mol. The summed E-state index contributed by atoms with van der Waals surface area (Å²) in [5.41, 5.74) is 1.07. The molecule has 0 bridgehead atoms. The van der Waals surface area contributed by atoms with Gasteiger partial charge in [0.1, 0.15) is 0 Å². The highest BCUT2D eigenvalue weighted by Crippen LogP contribution is 2.10. The van der Waals surface area contributed by atoms with Gasteiger partial charge in [-0.25, -0.2) is 0 Å². The molecule has 0 amide bonds. The molecule has 0 fully saturated rings. The van der Waals surface area contributed by atoms with Gasteiger partial charge >= 0.3 is 0 Å². The van der Waals surface area contributed by atoms with E-state index in [1.807, 2.05) is 13.1 Å². The van der Waals surface area contributed by atoms with Gasteiger partial charge in [-0.05, 0) is 47.9 Å². The summed E-state index contributed by atoms with van der Waals surface area (Å²) in [5.74, 6) is 0. The molecular formula is C15H16N2. The quantitative estimate of drug-likeness (QED) is 0.672. The zero-order valence-electron chi connectivity index (χ0n) is 10.4. The van der Waals surface area contributed by atoms with Crippen LogP contribution in [0.25, 0.3) is 23.0 Å². The molecule has 0 radical (unpaired) electrons. The molecule has 0 spiro atoms. The second-order valence-corrected chi connectivity index (χ2v) is 4.86. The van der Waals surface area contributed by atoms with Gasteiger partial charge in [0.05, 0.1) is 0 Å². The number of nitrogens with zero attached hydrogens (tertiary/aromatic N) is 2. The van der Waals surface area contributed by atoms with Crippen molar-refractivity contribution in [1.82, 2.24) is 9.88 Å². The zero-order chi connectivity index (χ0) is 12.0. The Morgan fingerprint density at radius 3 is 2.71 bits per heavy atom. The molecule has 2 heterocycles. The molecule has 86 valence electrons. The molecule has 3 rings (SSSR count). The Hall–Kier alpha value is -1.83. The largest absolute Gasteiger partial charge is 0.374 e. The number of pyridine rings is 1. The van der Waals surface area contributed by atoms with Crippen molar-refractivity contribution >= 4 is 23.0 Å². The van der Waals surface area contributed by atoms with Crippen LogP contribution in [0.3, 0.4) is 0 Å². The van der Waals surface area contributed by atoms with Crippen LogP contribution in [0, 0.1) is 6.92 Å². The van der Waals surface area contributed by atoms with Crippen molar-refractivity contribution in [2.45, 2.75) is 19.9 Å². The Bertz CT molecular complexity index is 701. The summed E-state index contributed by atoms with van der Waals surface area (Å²) in [6.45, 7) is 4.24. The van der Waals surface area contributed by atoms with Gasteiger partial charge in [-0.1, -0.05) is 6.08 Å². The van der Waals surface area contributed by atoms with Crippen molar-refractivity contribution < 1.29 is 0 Å². The van der Waals surface area contributed by atoms with Crippen molar-refractivity contribution in [1.29, 1.82) is 0 Å². The highest BCUT2D eigenvalue weighted by Gasteiger charge is 2.07. The summed E-state index contributed by atoms with van der Waals surface area (Å²) in [7, 11) is 2.12. The smallest absolute Gasteiger partial charge is 0.0445 e. The van der Waals surface area contributed by atoms with E-state index in [0.29, 0.717) is 6.04 Å². The lowest BCUT2D eigenvalue weighted by Crippen LogP contribution is -2.38. The molecule has 0 aliphatic carbocycles. The minimum Gasteiger partial charge on any atom is -0.374 e. The molecule has 0 N–H and O–H groups in total. The van der Waals surface area contributed by atoms with Gasteiger partial charge in [0.25, 0.3) is 0 Å². The molecule has 2 nitrogen and oxygen atoms in total. The van der Waals surface area contributed by atoms with Crippen molar-refractivity contribution in [2.24, 2.45) is 0 Å². The molecule has 1 aromatic carbocycles. The van der Waals surface area contributed by atoms with Crippen LogP contribution in [-0.4, -0.2) is 23.0 Å². The Balaban J connectivity index is 2.39. The van der Waals surface area contributed by atoms with Crippen LogP contribution < -0.4 is 10.4 Å². The third-order valence-electron chi connectivity index (χ3n) is 3.47. The minimum absolute atomic E-state index is 0.457. The zero-order valence-corrected chi connectivity index (χ0v) is 10.4. The normalized spacial score (nSPS) is 18.5. The number of benzene rings is 1. The van der Waals surface area contributed by atoms with E-state index in [0.717, 1.165) is 5.69 Å². The van der Waals surface area contributed by atoms with Gasteiger partial charge in [0, 0.05) is 36.6 Å². The lowest BCUT2D eigenvalue weighted by atomic mass is 10.1. The predicted octanol–water partition coefficient (Wildman–Crippen LogP) is 1.40. The fraction of sp³-hybridized carbons (Fsp3) is 0.267. The summed E-state index contributed by atoms with van der Waals surface area (Å²) in [6.07, 6.45) is 6.48. The van der Waals surface area contributed by atoms with E-state index in [9.17, 15) is 0 Å². The average Bonchev–Trinajstić information content (AvgIpc) is 2.28. The molecule has 2 aromatic rings. The van der Waals surface area contributed by atoms with Gasteiger partial charge < -0.3 is 4.90 Å². The van der Waals surface area contributed by atoms with Gasteiger partial charge in [0.2, 0.25) is 0 Å². The first-order valence-electron chi connectivity index (χ1n) is 5.95. The highest BCUT2D eigenvalue weighted by atomic mass is 15.1. The van der Waals surface area contributed by atoms with E-state index in [4.69, 9.17) is 0 Å². The van der Waals surface area contributed by atoms with Crippen LogP contribution in [0.15, 0.2) is 24.4 Å². The van der Waals surface area contributed by atoms with Crippen molar-refractivity contribution in [3.05, 3.63) is 40.5 Å². The summed E-state index contributed by atoms with van der Waals surface area (Å²) in [6, 6.07) is 7.08. The van der Waals surface area contributed by atoms with E-state index in [-0.39, 0.29) is 0 Å². The van der Waals surface area contributed by atoms with Crippen molar-refractivity contribution in [3.63, 3.8) is 0 Å². The maximum Gasteiger partial charge on any atom is 0.0445 e. The van der Waals surface area contributed by atoms with Crippen molar-refractivity contribution in [3.8, 4) is 0 Å². The monoisotopic (exact) mass is 224 g/mol. The maximum atomic E-state index is 4.36. The summed E-state index contributed by atoms with van der Waals surface area (Å²) < 4.78 is 0. The number of fused-ring (bicyclic) bond motifs is 2. The number of hydrogen-bond donors (Lipinski definition) is 0. The van der Waals surface area contributed by atoms with E-state index < -0.39 is 0 Å². The maximum absolute atomic E-state index is 4.36. The summed E-state index contributed by atoms with van der Waals surface area (Å²) in [4.78, 5) is 6.59. The van der Waals surface area contributed by atoms with E-state index >= 15 is 0 Å². The number of hydrogen-bond acceptors (Lipinski definition) is 2. The standard InChI is InChI=1S/C15H16N2/c1-10-4-12-7-15-9-17(3)11(2)5-13(15)6-14(12)8-16-10/h4-9,11H,1-3H3. The second-order valence-electron chi connectivity index (χ2n) is 4.86. The molecule has 1 atom stereocenters. The molecule has 0 saturated carbocycles. The van der Waals surface area contributed by atoms with Crippen LogP contribution in [0.4, 0.5) is 0 Å². The number of aromatic nitrogens is 1. The van der Waals surface area contributed by atoms with Crippen LogP contribution in [-0.2, 0) is 0 Å². The summed E-state index contributed by atoms with van der Waals surface area (Å²) >= 11 is 0. The first kappa shape index (κ1) is 10.3. The third-order valence-corrected chi connectivity index (χ3v) is 3.47. The molecule has 0 saturated heterocycles. The SMILES string of the molecule is Cc1cc2cc3c(cc2cn1)=CC(C)N(C)C=3. The third kappa shape index (κ3) is 1.70. The Morgan fingerprint density at radius 1 is 1.12 bits per heavy atom. The number of aryl methyl sites for hydroxylation is 1. The average molecular weight is 224 g/mol. The number of rotatable bonds is 0. The van der Waals surface area contributed by atoms with E-state index in [1.54, 1.807) is 0 Å². The van der Waals surface area contributed by atoms with E-state index in [2.05, 4.69) is 54.3 Å². The highest BCUT2D eigenvalue weighted by molar-refractivity contribution is 5.82. The molecule has 1 unspecified atom stereocenters. The Kier molecular flexibility index (Phi) is 2.18. The first-order valence-corrected chi connectivity index (χ1v) is 5.95. The van der Waals surface area contributed by atoms with Crippen LogP contribution in [0.5, 0.6) is 0 Å². The second kappa shape index (κ2) is 3.59. The minimum atomic E-state index is 0.457. The van der Waals surface area contributed by atoms with Gasteiger partial charge in [-0.2, -0.15) is 0 Å². The molecule has 2 heteroatoms. The molecule has 1 aliphatic rings. The topological polar surface area (TPSA) is 16.1 Å². The van der Waals surface area contributed by atoms with E-state index in [1.165, 1.54) is 21.2 Å². The van der Waals surface area contributed by atoms with Crippen LogP contribution >= 0.6 is 0 Å². The van der Waals surface area contributed by atoms with Crippen molar-refractivity contribution in [2.75, 3.05) is 7.05 Å². The Labute approximate surface area is 101 Å². The van der Waals surface area contributed by atoms with Gasteiger partial charge in [-0.15, -0.1) is 0 Å². The fourth-order valence-corrected chi connectivity index (χ4v) is 2.31.